The molecule has 2 N–H and O–H groups in total. The highest BCUT2D eigenvalue weighted by Crippen LogP contribution is 2.04. The summed E-state index contributed by atoms with van der Waals surface area (Å²) < 4.78 is 6.53. The number of fused-ring (bicyclic) bond motifs is 1. The molecule has 0 radical (unpaired) electrons. The van der Waals surface area contributed by atoms with Gasteiger partial charge in [0.05, 0.1) is 30.5 Å². The van der Waals surface area contributed by atoms with E-state index in [9.17, 15) is 14.4 Å². The van der Waals surface area contributed by atoms with Crippen molar-refractivity contribution in [3.63, 3.8) is 0 Å². The van der Waals surface area contributed by atoms with Crippen molar-refractivity contribution in [2.24, 2.45) is 0 Å². The number of H-pyrrole nitrogens is 1. The first kappa shape index (κ1) is 18.3. The van der Waals surface area contributed by atoms with Gasteiger partial charge in [0.2, 0.25) is 5.91 Å². The lowest BCUT2D eigenvalue weighted by Crippen LogP contribution is -2.47. The minimum atomic E-state index is -0.332. The van der Waals surface area contributed by atoms with Crippen LogP contribution in [-0.2, 0) is 16.1 Å². The van der Waals surface area contributed by atoms with Crippen molar-refractivity contribution in [2.45, 2.75) is 25.9 Å². The second-order valence-electron chi connectivity index (χ2n) is 6.49. The van der Waals surface area contributed by atoms with Crippen molar-refractivity contribution in [3.05, 3.63) is 45.0 Å². The highest BCUT2D eigenvalue weighted by atomic mass is 16.5. The summed E-state index contributed by atoms with van der Waals surface area (Å²) in [5.74, 6) is -0.147. The molecule has 1 fully saturated rings. The molecule has 1 aliphatic rings. The largest absolute Gasteiger partial charge is 0.379 e. The standard InChI is InChI=1S/C18H24N4O4/c1-13(21-8-10-26-11-9-21)12-19-16(23)6-7-22-18(25)15-5-3-2-4-14(15)17(24)20-22/h2-5,13H,6-12H2,1H3,(H,19,23)(H,20,24). The lowest BCUT2D eigenvalue weighted by atomic mass is 10.2. The highest BCUT2D eigenvalue weighted by molar-refractivity contribution is 5.80. The van der Waals surface area contributed by atoms with Gasteiger partial charge >= 0.3 is 0 Å². The molecule has 3 rings (SSSR count). The number of benzene rings is 1. The van der Waals surface area contributed by atoms with Crippen LogP contribution >= 0.6 is 0 Å². The van der Waals surface area contributed by atoms with Gasteiger partial charge in [0.25, 0.3) is 11.1 Å². The first-order valence-corrected chi connectivity index (χ1v) is 8.86. The van der Waals surface area contributed by atoms with Crippen molar-refractivity contribution in [2.75, 3.05) is 32.8 Å². The van der Waals surface area contributed by atoms with Crippen molar-refractivity contribution in [1.29, 1.82) is 0 Å². The van der Waals surface area contributed by atoms with E-state index in [1.54, 1.807) is 24.3 Å². The number of rotatable bonds is 6. The number of ether oxygens (including phenoxy) is 1. The van der Waals surface area contributed by atoms with E-state index in [0.29, 0.717) is 17.3 Å². The Morgan fingerprint density at radius 3 is 2.65 bits per heavy atom. The summed E-state index contributed by atoms with van der Waals surface area (Å²) in [7, 11) is 0. The van der Waals surface area contributed by atoms with Gasteiger partial charge in [0.15, 0.2) is 0 Å². The Bertz CT molecular complexity index is 883. The Morgan fingerprint density at radius 1 is 1.23 bits per heavy atom. The molecule has 0 saturated carbocycles. The number of hydrogen-bond donors (Lipinski definition) is 2. The van der Waals surface area contributed by atoms with Gasteiger partial charge in [-0.1, -0.05) is 12.1 Å². The lowest BCUT2D eigenvalue weighted by Gasteiger charge is -2.32. The molecule has 1 aromatic carbocycles. The minimum absolute atomic E-state index is 0.129. The van der Waals surface area contributed by atoms with Gasteiger partial charge < -0.3 is 10.1 Å². The molecule has 140 valence electrons. The Morgan fingerprint density at radius 2 is 1.92 bits per heavy atom. The third-order valence-corrected chi connectivity index (χ3v) is 4.71. The number of nitrogens with zero attached hydrogens (tertiary/aromatic N) is 2. The zero-order chi connectivity index (χ0) is 18.5. The third-order valence-electron chi connectivity index (χ3n) is 4.71. The zero-order valence-electron chi connectivity index (χ0n) is 14.9. The summed E-state index contributed by atoms with van der Waals surface area (Å²) in [5.41, 5.74) is -0.628. The van der Waals surface area contributed by atoms with E-state index in [2.05, 4.69) is 22.2 Å². The number of aryl methyl sites for hydroxylation is 1. The summed E-state index contributed by atoms with van der Waals surface area (Å²) >= 11 is 0. The number of carbonyl (C=O) groups excluding carboxylic acids is 1. The van der Waals surface area contributed by atoms with Crippen LogP contribution in [0.25, 0.3) is 10.8 Å². The van der Waals surface area contributed by atoms with Crippen LogP contribution in [0.2, 0.25) is 0 Å². The SMILES string of the molecule is CC(CNC(=O)CCn1[nH]c(=O)c2ccccc2c1=O)N1CCOCC1. The predicted molar refractivity (Wildman–Crippen MR) is 98.3 cm³/mol. The van der Waals surface area contributed by atoms with Gasteiger partial charge in [-0.15, -0.1) is 0 Å². The maximum absolute atomic E-state index is 12.4. The Kier molecular flexibility index (Phi) is 5.85. The molecule has 2 heterocycles. The van der Waals surface area contributed by atoms with Gasteiger partial charge in [-0.3, -0.25) is 24.4 Å². The van der Waals surface area contributed by atoms with Crippen LogP contribution in [0.15, 0.2) is 33.9 Å². The second-order valence-corrected chi connectivity index (χ2v) is 6.49. The molecule has 1 saturated heterocycles. The van der Waals surface area contributed by atoms with Gasteiger partial charge in [0, 0.05) is 32.1 Å². The third kappa shape index (κ3) is 4.20. The highest BCUT2D eigenvalue weighted by Gasteiger charge is 2.17. The first-order valence-electron chi connectivity index (χ1n) is 8.86. The first-order chi connectivity index (χ1) is 12.6. The number of nitrogens with one attached hydrogen (secondary N) is 2. The van der Waals surface area contributed by atoms with E-state index in [-0.39, 0.29) is 36.0 Å². The minimum Gasteiger partial charge on any atom is -0.379 e. The summed E-state index contributed by atoms with van der Waals surface area (Å²) in [5, 5.41) is 6.15. The van der Waals surface area contributed by atoms with E-state index in [0.717, 1.165) is 26.3 Å². The normalized spacial score (nSPS) is 16.5. The molecule has 0 spiro atoms. The van der Waals surface area contributed by atoms with Crippen LogP contribution in [0.4, 0.5) is 0 Å². The summed E-state index contributed by atoms with van der Waals surface area (Å²) in [4.78, 5) is 38.8. The van der Waals surface area contributed by atoms with Crippen LogP contribution in [-0.4, -0.2) is 59.5 Å². The van der Waals surface area contributed by atoms with Crippen LogP contribution in [0.5, 0.6) is 0 Å². The van der Waals surface area contributed by atoms with Gasteiger partial charge in [-0.05, 0) is 19.1 Å². The van der Waals surface area contributed by atoms with Crippen LogP contribution < -0.4 is 16.4 Å². The number of amides is 1. The Labute approximate surface area is 150 Å². The topological polar surface area (TPSA) is 96.4 Å². The monoisotopic (exact) mass is 360 g/mol. The summed E-state index contributed by atoms with van der Waals surface area (Å²) in [6.45, 7) is 5.91. The van der Waals surface area contributed by atoms with Gasteiger partial charge in [-0.25, -0.2) is 4.68 Å². The van der Waals surface area contributed by atoms with E-state index >= 15 is 0 Å². The number of morpholine rings is 1. The van der Waals surface area contributed by atoms with Crippen LogP contribution in [0, 0.1) is 0 Å². The zero-order valence-corrected chi connectivity index (χ0v) is 14.9. The van der Waals surface area contributed by atoms with Crippen molar-refractivity contribution < 1.29 is 9.53 Å². The number of aromatic amines is 1. The summed E-state index contributed by atoms with van der Waals surface area (Å²) in [6, 6.07) is 6.89. The maximum Gasteiger partial charge on any atom is 0.273 e. The fourth-order valence-electron chi connectivity index (χ4n) is 3.11. The molecule has 1 amide bonds. The van der Waals surface area contributed by atoms with Crippen molar-refractivity contribution in [3.8, 4) is 0 Å². The molecular formula is C18H24N4O4. The Balaban J connectivity index is 1.56. The molecule has 1 unspecified atom stereocenters. The molecular weight excluding hydrogens is 336 g/mol. The van der Waals surface area contributed by atoms with Gasteiger partial charge in [0.1, 0.15) is 0 Å². The summed E-state index contributed by atoms with van der Waals surface area (Å²) in [6.07, 6.45) is 0.129. The van der Waals surface area contributed by atoms with E-state index in [1.807, 2.05) is 0 Å². The molecule has 0 aliphatic carbocycles. The fourth-order valence-corrected chi connectivity index (χ4v) is 3.11. The van der Waals surface area contributed by atoms with E-state index < -0.39 is 0 Å². The molecule has 26 heavy (non-hydrogen) atoms. The van der Waals surface area contributed by atoms with E-state index in [4.69, 9.17) is 4.74 Å². The molecule has 1 atom stereocenters. The molecule has 8 nitrogen and oxygen atoms in total. The van der Waals surface area contributed by atoms with Crippen LogP contribution in [0.1, 0.15) is 13.3 Å². The molecule has 8 heteroatoms. The molecule has 0 bridgehead atoms. The predicted octanol–water partition coefficient (Wildman–Crippen LogP) is -0.0832. The number of carbonyl (C=O) groups is 1. The maximum atomic E-state index is 12.4. The molecule has 2 aromatic rings. The smallest absolute Gasteiger partial charge is 0.273 e. The van der Waals surface area contributed by atoms with Crippen LogP contribution in [0.3, 0.4) is 0 Å². The Hall–Kier alpha value is -2.45. The number of hydrogen-bond acceptors (Lipinski definition) is 5. The quantitative estimate of drug-likeness (QED) is 0.751. The average molecular weight is 360 g/mol. The molecule has 1 aromatic heterocycles. The lowest BCUT2D eigenvalue weighted by molar-refractivity contribution is -0.121. The molecule has 1 aliphatic heterocycles. The number of aromatic nitrogens is 2. The average Bonchev–Trinajstić information content (AvgIpc) is 2.68. The fraction of sp³-hybridized carbons (Fsp3) is 0.500. The van der Waals surface area contributed by atoms with E-state index in [1.165, 1.54) is 4.68 Å². The second kappa shape index (κ2) is 8.29. The van der Waals surface area contributed by atoms with Crippen molar-refractivity contribution >= 4 is 16.7 Å². The van der Waals surface area contributed by atoms with Crippen molar-refractivity contribution in [1.82, 2.24) is 20.0 Å². The van der Waals surface area contributed by atoms with Gasteiger partial charge in [-0.2, -0.15) is 0 Å².